The third-order valence-electron chi connectivity index (χ3n) is 6.47. The third kappa shape index (κ3) is 10.4. The number of carbonyl (C=O) groups excluding carboxylic acids is 1. The topological polar surface area (TPSA) is 82.5 Å². The zero-order valence-corrected chi connectivity index (χ0v) is 21.6. The van der Waals surface area contributed by atoms with Gasteiger partial charge in [0.1, 0.15) is 18.3 Å². The van der Waals surface area contributed by atoms with E-state index in [1.54, 1.807) is 11.8 Å². The van der Waals surface area contributed by atoms with Crippen LogP contribution in [0.15, 0.2) is 24.3 Å². The quantitative estimate of drug-likeness (QED) is 0.627. The van der Waals surface area contributed by atoms with Crippen LogP contribution in [0, 0.1) is 5.92 Å². The second-order valence-electron chi connectivity index (χ2n) is 9.84. The molecule has 1 aromatic rings. The molecular formula is C27H46N2O5. The molecule has 34 heavy (non-hydrogen) atoms. The summed E-state index contributed by atoms with van der Waals surface area (Å²) in [7, 11) is 0. The van der Waals surface area contributed by atoms with Crippen molar-refractivity contribution in [2.45, 2.75) is 78.2 Å². The molecule has 0 radical (unpaired) electrons. The van der Waals surface area contributed by atoms with E-state index in [4.69, 9.17) is 9.47 Å². The summed E-state index contributed by atoms with van der Waals surface area (Å²) in [5.74, 6) is 0.405. The fraction of sp³-hybridized carbons (Fsp3) is 0.741. The summed E-state index contributed by atoms with van der Waals surface area (Å²) in [5.41, 5.74) is 2.59. The van der Waals surface area contributed by atoms with Crippen LogP contribution in [0.25, 0.3) is 0 Å². The number of rotatable bonds is 7. The maximum Gasteiger partial charge on any atom is 0.219 e. The first-order valence-corrected chi connectivity index (χ1v) is 12.9. The number of aliphatic hydroxyl groups excluding tert-OH is 2. The fourth-order valence-corrected chi connectivity index (χ4v) is 4.07. The molecule has 0 aromatic heterocycles. The second kappa shape index (κ2) is 15.5. The molecule has 194 valence electrons. The molecule has 2 rings (SSSR count). The van der Waals surface area contributed by atoms with Crippen LogP contribution >= 0.6 is 0 Å². The van der Waals surface area contributed by atoms with Gasteiger partial charge in [-0.1, -0.05) is 45.0 Å². The Kier molecular flexibility index (Phi) is 13.1. The van der Waals surface area contributed by atoms with E-state index in [0.29, 0.717) is 25.7 Å². The van der Waals surface area contributed by atoms with Crippen LogP contribution in [0.4, 0.5) is 0 Å². The summed E-state index contributed by atoms with van der Waals surface area (Å²) < 4.78 is 11.6. The molecule has 0 bridgehead atoms. The van der Waals surface area contributed by atoms with Gasteiger partial charge in [0.25, 0.3) is 0 Å². The number of amides is 1. The summed E-state index contributed by atoms with van der Waals surface area (Å²) in [4.78, 5) is 16.6. The predicted molar refractivity (Wildman–Crippen MR) is 135 cm³/mol. The lowest BCUT2D eigenvalue weighted by molar-refractivity contribution is -0.140. The van der Waals surface area contributed by atoms with Crippen molar-refractivity contribution in [3.63, 3.8) is 0 Å². The van der Waals surface area contributed by atoms with Gasteiger partial charge in [0.2, 0.25) is 5.91 Å². The van der Waals surface area contributed by atoms with Crippen LogP contribution in [-0.4, -0.2) is 90.2 Å². The summed E-state index contributed by atoms with van der Waals surface area (Å²) >= 11 is 0. The molecule has 0 saturated carbocycles. The van der Waals surface area contributed by atoms with E-state index >= 15 is 0 Å². The predicted octanol–water partition coefficient (Wildman–Crippen LogP) is 2.86. The first kappa shape index (κ1) is 28.7. The van der Waals surface area contributed by atoms with E-state index in [2.05, 4.69) is 49.9 Å². The van der Waals surface area contributed by atoms with Crippen molar-refractivity contribution < 1.29 is 24.5 Å². The largest absolute Gasteiger partial charge is 0.388 e. The number of hydrogen-bond acceptors (Lipinski definition) is 6. The third-order valence-corrected chi connectivity index (χ3v) is 6.47. The smallest absolute Gasteiger partial charge is 0.219 e. The van der Waals surface area contributed by atoms with Crippen LogP contribution < -0.4 is 0 Å². The highest BCUT2D eigenvalue weighted by Gasteiger charge is 2.30. The van der Waals surface area contributed by atoms with Crippen LogP contribution in [-0.2, 0) is 27.2 Å². The molecule has 3 atom stereocenters. The van der Waals surface area contributed by atoms with E-state index < -0.39 is 18.3 Å². The molecule has 7 heteroatoms. The van der Waals surface area contributed by atoms with Crippen molar-refractivity contribution in [3.05, 3.63) is 35.4 Å². The van der Waals surface area contributed by atoms with Crippen LogP contribution in [0.3, 0.4) is 0 Å². The molecule has 7 nitrogen and oxygen atoms in total. The number of ether oxygens (including phenoxy) is 2. The van der Waals surface area contributed by atoms with Crippen molar-refractivity contribution in [1.29, 1.82) is 0 Å². The lowest BCUT2D eigenvalue weighted by Crippen LogP contribution is -2.50. The Bertz CT molecular complexity index is 697. The highest BCUT2D eigenvalue weighted by molar-refractivity contribution is 5.73. The standard InChI is InChI=1S/C27H46N2O5/c1-5-23-8-10-24(11-9-23)18-28-13-6-7-16-33-20-25(31)27(32)26(34-17-12-21(2)3)19-29(15-14-28)22(4)30/h8-11,21,25-27,31-32H,5-7,12-20H2,1-4H3/t25-,26-,27-/m1/s1. The van der Waals surface area contributed by atoms with Gasteiger partial charge in [-0.15, -0.1) is 0 Å². The Morgan fingerprint density at radius 2 is 1.82 bits per heavy atom. The molecule has 1 heterocycles. The number of hydrogen-bond donors (Lipinski definition) is 2. The van der Waals surface area contributed by atoms with Gasteiger partial charge < -0.3 is 24.6 Å². The Morgan fingerprint density at radius 1 is 1.12 bits per heavy atom. The van der Waals surface area contributed by atoms with Gasteiger partial charge in [-0.3, -0.25) is 9.69 Å². The minimum atomic E-state index is -1.12. The lowest BCUT2D eigenvalue weighted by Gasteiger charge is -2.33. The van der Waals surface area contributed by atoms with Crippen molar-refractivity contribution in [2.24, 2.45) is 5.92 Å². The number of aliphatic hydroxyl groups is 2. The van der Waals surface area contributed by atoms with Gasteiger partial charge in [-0.2, -0.15) is 0 Å². The maximum absolute atomic E-state index is 12.5. The van der Waals surface area contributed by atoms with Gasteiger partial charge in [0.15, 0.2) is 0 Å². The average Bonchev–Trinajstić information content (AvgIpc) is 2.81. The molecule has 1 amide bonds. The minimum Gasteiger partial charge on any atom is -0.388 e. The van der Waals surface area contributed by atoms with E-state index in [0.717, 1.165) is 45.3 Å². The van der Waals surface area contributed by atoms with Gasteiger partial charge in [0.05, 0.1) is 6.61 Å². The van der Waals surface area contributed by atoms with Gasteiger partial charge in [-0.05, 0) is 49.3 Å². The second-order valence-corrected chi connectivity index (χ2v) is 9.84. The van der Waals surface area contributed by atoms with Crippen molar-refractivity contribution in [3.8, 4) is 0 Å². The maximum atomic E-state index is 12.5. The Balaban J connectivity index is 2.11. The number of carbonyl (C=O) groups is 1. The highest BCUT2D eigenvalue weighted by Crippen LogP contribution is 2.14. The van der Waals surface area contributed by atoms with Gasteiger partial charge in [0, 0.05) is 46.3 Å². The van der Waals surface area contributed by atoms with Crippen molar-refractivity contribution in [1.82, 2.24) is 9.80 Å². The van der Waals surface area contributed by atoms with E-state index in [-0.39, 0.29) is 19.1 Å². The molecule has 0 spiro atoms. The summed E-state index contributed by atoms with van der Waals surface area (Å²) in [5, 5.41) is 21.3. The minimum absolute atomic E-state index is 0.0543. The zero-order valence-electron chi connectivity index (χ0n) is 21.6. The van der Waals surface area contributed by atoms with E-state index in [9.17, 15) is 15.0 Å². The van der Waals surface area contributed by atoms with Crippen LogP contribution in [0.1, 0.15) is 58.1 Å². The molecule has 1 fully saturated rings. The Labute approximate surface area is 206 Å². The number of benzene rings is 1. The molecule has 2 N–H and O–H groups in total. The van der Waals surface area contributed by atoms with E-state index in [1.807, 2.05) is 0 Å². The molecule has 1 aliphatic heterocycles. The zero-order chi connectivity index (χ0) is 24.9. The first-order valence-electron chi connectivity index (χ1n) is 12.9. The molecule has 0 aliphatic carbocycles. The average molecular weight is 479 g/mol. The SMILES string of the molecule is CCc1ccc(CN2CCCCOC[C@@H](O)[C@@H](O)[C@H](OCCC(C)C)CN(C(C)=O)CC2)cc1. The van der Waals surface area contributed by atoms with Crippen LogP contribution in [0.5, 0.6) is 0 Å². The Hall–Kier alpha value is -1.51. The molecule has 1 aliphatic rings. The summed E-state index contributed by atoms with van der Waals surface area (Å²) in [6, 6.07) is 8.74. The lowest BCUT2D eigenvalue weighted by atomic mass is 10.1. The summed E-state index contributed by atoms with van der Waals surface area (Å²) in [6.07, 6.45) is 0.873. The molecule has 1 aromatic carbocycles. The fourth-order valence-electron chi connectivity index (χ4n) is 4.07. The van der Waals surface area contributed by atoms with Crippen molar-refractivity contribution in [2.75, 3.05) is 46.0 Å². The van der Waals surface area contributed by atoms with E-state index in [1.165, 1.54) is 11.1 Å². The van der Waals surface area contributed by atoms with Crippen LogP contribution in [0.2, 0.25) is 0 Å². The molecular weight excluding hydrogens is 432 g/mol. The molecule has 0 unspecified atom stereocenters. The number of nitrogens with zero attached hydrogens (tertiary/aromatic N) is 2. The van der Waals surface area contributed by atoms with Gasteiger partial charge in [-0.25, -0.2) is 0 Å². The highest BCUT2D eigenvalue weighted by atomic mass is 16.5. The Morgan fingerprint density at radius 3 is 2.47 bits per heavy atom. The monoisotopic (exact) mass is 478 g/mol. The normalized spacial score (nSPS) is 24.2. The first-order chi connectivity index (χ1) is 16.3. The summed E-state index contributed by atoms with van der Waals surface area (Å²) in [6.45, 7) is 12.3. The number of aryl methyl sites for hydroxylation is 1. The molecule has 1 saturated heterocycles. The van der Waals surface area contributed by atoms with Crippen molar-refractivity contribution >= 4 is 5.91 Å². The van der Waals surface area contributed by atoms with Gasteiger partial charge >= 0.3 is 0 Å².